The van der Waals surface area contributed by atoms with Crippen LogP contribution in [0.1, 0.15) is 19.9 Å². The molecule has 2 aromatic heterocycles. The normalized spacial score (nSPS) is 11.6. The number of nitrogens with one attached hydrogen (secondary N) is 1. The highest BCUT2D eigenvalue weighted by molar-refractivity contribution is 5.85. The Morgan fingerprint density at radius 1 is 1.08 bits per heavy atom. The lowest BCUT2D eigenvalue weighted by Crippen LogP contribution is -2.02. The minimum absolute atomic E-state index is 0.161. The fourth-order valence-electron chi connectivity index (χ4n) is 2.88. The maximum absolute atomic E-state index is 14.2. The Balaban J connectivity index is 1.87. The topological polar surface area (TPSA) is 59.4 Å². The van der Waals surface area contributed by atoms with Crippen LogP contribution in [0, 0.1) is 11.6 Å². The second-order valence-corrected chi connectivity index (χ2v) is 6.08. The predicted octanol–water partition coefficient (Wildman–Crippen LogP) is 4.35. The van der Waals surface area contributed by atoms with Gasteiger partial charge < -0.3 is 4.98 Å². The van der Waals surface area contributed by atoms with Crippen molar-refractivity contribution in [2.24, 2.45) is 0 Å². The maximum Gasteiger partial charge on any atom is 0.135 e. The van der Waals surface area contributed by atoms with E-state index in [1.54, 1.807) is 0 Å². The molecule has 0 saturated carbocycles. The van der Waals surface area contributed by atoms with E-state index in [-0.39, 0.29) is 11.6 Å². The van der Waals surface area contributed by atoms with Crippen molar-refractivity contribution in [3.05, 3.63) is 54.4 Å². The molecule has 4 aromatic rings. The summed E-state index contributed by atoms with van der Waals surface area (Å²) in [5, 5.41) is 8.31. The van der Waals surface area contributed by atoms with Crippen LogP contribution in [0.3, 0.4) is 0 Å². The van der Waals surface area contributed by atoms with Gasteiger partial charge in [0.15, 0.2) is 0 Å². The van der Waals surface area contributed by atoms with Gasteiger partial charge in [-0.2, -0.15) is 0 Å². The van der Waals surface area contributed by atoms with Gasteiger partial charge in [-0.25, -0.2) is 18.4 Å². The molecule has 0 saturated heterocycles. The fourth-order valence-corrected chi connectivity index (χ4v) is 2.88. The van der Waals surface area contributed by atoms with E-state index in [4.69, 9.17) is 0 Å². The van der Waals surface area contributed by atoms with Crippen molar-refractivity contribution < 1.29 is 8.78 Å². The first-order chi connectivity index (χ1) is 12.0. The average molecular weight is 339 g/mol. The molecule has 0 aliphatic carbocycles. The summed E-state index contributed by atoms with van der Waals surface area (Å²) in [5.74, 6) is -1.25. The minimum Gasteiger partial charge on any atom is -0.344 e. The van der Waals surface area contributed by atoms with Crippen molar-refractivity contribution in [3.8, 4) is 22.5 Å². The van der Waals surface area contributed by atoms with Crippen molar-refractivity contribution in [1.82, 2.24) is 25.0 Å². The van der Waals surface area contributed by atoms with Crippen LogP contribution in [-0.4, -0.2) is 25.0 Å². The van der Waals surface area contributed by atoms with Gasteiger partial charge in [-0.3, -0.25) is 0 Å². The van der Waals surface area contributed by atoms with Gasteiger partial charge in [0.1, 0.15) is 17.2 Å². The van der Waals surface area contributed by atoms with E-state index < -0.39 is 11.6 Å². The van der Waals surface area contributed by atoms with Crippen LogP contribution in [0.15, 0.2) is 42.7 Å². The molecule has 4 rings (SSSR count). The Morgan fingerprint density at radius 2 is 1.92 bits per heavy atom. The Labute approximate surface area is 142 Å². The largest absolute Gasteiger partial charge is 0.344 e. The Hall–Kier alpha value is -3.09. The third-order valence-corrected chi connectivity index (χ3v) is 4.07. The molecule has 2 heterocycles. The van der Waals surface area contributed by atoms with Gasteiger partial charge in [0, 0.05) is 23.2 Å². The van der Waals surface area contributed by atoms with E-state index in [9.17, 15) is 8.78 Å². The fraction of sp³-hybridized carbons (Fsp3) is 0.167. The average Bonchev–Trinajstić information content (AvgIpc) is 3.20. The Morgan fingerprint density at radius 3 is 2.68 bits per heavy atom. The van der Waals surface area contributed by atoms with Crippen molar-refractivity contribution in [3.63, 3.8) is 0 Å². The van der Waals surface area contributed by atoms with E-state index in [2.05, 4.69) is 20.3 Å². The molecule has 5 nitrogen and oxygen atoms in total. The number of H-pyrrole nitrogens is 1. The molecule has 7 heteroatoms. The first-order valence-electron chi connectivity index (χ1n) is 7.88. The van der Waals surface area contributed by atoms with Crippen LogP contribution in [-0.2, 0) is 0 Å². The lowest BCUT2D eigenvalue weighted by molar-refractivity contribution is 0.530. The molecule has 0 bridgehead atoms. The number of halogens is 2. The summed E-state index contributed by atoms with van der Waals surface area (Å²) < 4.78 is 29.2. The van der Waals surface area contributed by atoms with Gasteiger partial charge in [-0.1, -0.05) is 11.3 Å². The van der Waals surface area contributed by atoms with Crippen molar-refractivity contribution >= 4 is 11.0 Å². The SMILES string of the molecule is CC(C)n1nnc2ccc(-c3nc[nH]c3-c3ccc(F)cc3F)cc21. The zero-order valence-electron chi connectivity index (χ0n) is 13.7. The van der Waals surface area contributed by atoms with E-state index in [1.807, 2.05) is 36.7 Å². The van der Waals surface area contributed by atoms with Crippen LogP contribution in [0.25, 0.3) is 33.5 Å². The highest BCUT2D eigenvalue weighted by Crippen LogP contribution is 2.32. The maximum atomic E-state index is 14.2. The monoisotopic (exact) mass is 339 g/mol. The number of aromatic nitrogens is 5. The molecule has 1 N–H and O–H groups in total. The molecule has 126 valence electrons. The first kappa shape index (κ1) is 15.4. The third kappa shape index (κ3) is 2.57. The van der Waals surface area contributed by atoms with Gasteiger partial charge in [0.25, 0.3) is 0 Å². The van der Waals surface area contributed by atoms with Crippen molar-refractivity contribution in [2.45, 2.75) is 19.9 Å². The Kier molecular flexibility index (Phi) is 3.56. The number of fused-ring (bicyclic) bond motifs is 1. The lowest BCUT2D eigenvalue weighted by Gasteiger charge is -2.08. The molecule has 0 atom stereocenters. The lowest BCUT2D eigenvalue weighted by atomic mass is 10.0. The minimum atomic E-state index is -0.638. The summed E-state index contributed by atoms with van der Waals surface area (Å²) in [5.41, 5.74) is 3.81. The summed E-state index contributed by atoms with van der Waals surface area (Å²) in [7, 11) is 0. The second kappa shape index (κ2) is 5.77. The summed E-state index contributed by atoms with van der Waals surface area (Å²) in [4.78, 5) is 7.27. The van der Waals surface area contributed by atoms with E-state index in [1.165, 1.54) is 18.5 Å². The molecular weight excluding hydrogens is 324 g/mol. The predicted molar refractivity (Wildman–Crippen MR) is 90.8 cm³/mol. The van der Waals surface area contributed by atoms with Crippen LogP contribution in [0.4, 0.5) is 8.78 Å². The zero-order valence-corrected chi connectivity index (χ0v) is 13.7. The summed E-state index contributed by atoms with van der Waals surface area (Å²) in [6, 6.07) is 9.30. The van der Waals surface area contributed by atoms with Gasteiger partial charge in [-0.05, 0) is 38.1 Å². The molecular formula is C18H15F2N5. The highest BCUT2D eigenvalue weighted by Gasteiger charge is 2.16. The van der Waals surface area contributed by atoms with Gasteiger partial charge >= 0.3 is 0 Å². The van der Waals surface area contributed by atoms with E-state index in [0.29, 0.717) is 11.4 Å². The van der Waals surface area contributed by atoms with Gasteiger partial charge in [-0.15, -0.1) is 5.10 Å². The van der Waals surface area contributed by atoms with Crippen LogP contribution in [0.2, 0.25) is 0 Å². The molecule has 0 spiro atoms. The first-order valence-corrected chi connectivity index (χ1v) is 7.88. The number of hydrogen-bond acceptors (Lipinski definition) is 3. The smallest absolute Gasteiger partial charge is 0.135 e. The zero-order chi connectivity index (χ0) is 17.6. The number of aromatic amines is 1. The molecule has 0 aliphatic heterocycles. The van der Waals surface area contributed by atoms with Crippen LogP contribution < -0.4 is 0 Å². The number of benzene rings is 2. The van der Waals surface area contributed by atoms with Gasteiger partial charge in [0.05, 0.1) is 23.2 Å². The molecule has 0 radical (unpaired) electrons. The standard InChI is InChI=1S/C18H15F2N5/c1-10(2)25-16-7-11(3-6-15(16)23-24-25)17-18(22-9-21-17)13-5-4-12(19)8-14(13)20/h3-10H,1-2H3,(H,21,22). The third-order valence-electron chi connectivity index (χ3n) is 4.07. The molecule has 0 amide bonds. The molecule has 25 heavy (non-hydrogen) atoms. The van der Waals surface area contributed by atoms with E-state index >= 15 is 0 Å². The van der Waals surface area contributed by atoms with Crippen molar-refractivity contribution in [1.29, 1.82) is 0 Å². The Bertz CT molecular complexity index is 1060. The van der Waals surface area contributed by atoms with Crippen LogP contribution in [0.5, 0.6) is 0 Å². The van der Waals surface area contributed by atoms with Gasteiger partial charge in [0.2, 0.25) is 0 Å². The summed E-state index contributed by atoms with van der Waals surface area (Å²) >= 11 is 0. The van der Waals surface area contributed by atoms with Crippen LogP contribution >= 0.6 is 0 Å². The number of hydrogen-bond donors (Lipinski definition) is 1. The molecule has 2 aromatic carbocycles. The number of imidazole rings is 1. The summed E-state index contributed by atoms with van der Waals surface area (Å²) in [6.07, 6.45) is 1.50. The number of rotatable bonds is 3. The highest BCUT2D eigenvalue weighted by atomic mass is 19.1. The molecule has 0 unspecified atom stereocenters. The quantitative estimate of drug-likeness (QED) is 0.604. The molecule has 0 aliphatic rings. The molecule has 0 fully saturated rings. The van der Waals surface area contributed by atoms with E-state index in [0.717, 1.165) is 22.7 Å². The second-order valence-electron chi connectivity index (χ2n) is 6.08. The number of nitrogens with zero attached hydrogens (tertiary/aromatic N) is 4. The summed E-state index contributed by atoms with van der Waals surface area (Å²) in [6.45, 7) is 4.04. The van der Waals surface area contributed by atoms with Crippen molar-refractivity contribution in [2.75, 3.05) is 0 Å².